The third-order valence-electron chi connectivity index (χ3n) is 4.85. The quantitative estimate of drug-likeness (QED) is 0.309. The molecule has 1 heterocycles. The van der Waals surface area contributed by atoms with Crippen LogP contribution in [-0.4, -0.2) is 15.9 Å². The molecule has 4 rings (SSSR count). The molecule has 32 heavy (non-hydrogen) atoms. The van der Waals surface area contributed by atoms with Crippen LogP contribution >= 0.6 is 15.9 Å². The van der Waals surface area contributed by atoms with E-state index in [-0.39, 0.29) is 18.0 Å². The number of hydrogen-bond donors (Lipinski definition) is 0. The summed E-state index contributed by atoms with van der Waals surface area (Å²) in [5.41, 5.74) is 2.03. The molecular weight excluding hydrogens is 473 g/mol. The van der Waals surface area contributed by atoms with Crippen LogP contribution in [0.2, 0.25) is 0 Å². The number of aromatic nitrogens is 2. The molecule has 0 saturated heterocycles. The number of aryl methyl sites for hydroxylation is 1. The van der Waals surface area contributed by atoms with Gasteiger partial charge in [0, 0.05) is 10.9 Å². The van der Waals surface area contributed by atoms with Crippen molar-refractivity contribution in [2.24, 2.45) is 5.10 Å². The number of halogens is 2. The number of hydrogen-bond acceptors (Lipinski definition) is 4. The zero-order valence-electron chi connectivity index (χ0n) is 17.5. The molecular formula is C25H21BrFN3O2. The summed E-state index contributed by atoms with van der Waals surface area (Å²) >= 11 is 3.41. The standard InChI is InChI=1S/C25H21BrFN3O2/c1-2-4-24-29-23-12-9-19(26)14-22(23)25(31)30(24)28-15-17-7-10-21(11-8-17)32-16-18-5-3-6-20(27)13-18/h3,5-15H,2,4,16H2,1H3. The number of fused-ring (bicyclic) bond motifs is 1. The monoisotopic (exact) mass is 493 g/mol. The molecule has 0 aliphatic carbocycles. The minimum Gasteiger partial charge on any atom is -0.489 e. The van der Waals surface area contributed by atoms with Crippen LogP contribution in [0.5, 0.6) is 5.75 Å². The SMILES string of the molecule is CCCc1nc2ccc(Br)cc2c(=O)n1N=Cc1ccc(OCc2cccc(F)c2)cc1. The van der Waals surface area contributed by atoms with Crippen molar-refractivity contribution in [2.45, 2.75) is 26.4 Å². The second-order valence-electron chi connectivity index (χ2n) is 7.29. The molecule has 0 bridgehead atoms. The van der Waals surface area contributed by atoms with Crippen molar-refractivity contribution >= 4 is 33.0 Å². The van der Waals surface area contributed by atoms with Crippen LogP contribution in [0.1, 0.15) is 30.3 Å². The molecule has 0 N–H and O–H groups in total. The first-order valence-corrected chi connectivity index (χ1v) is 11.1. The lowest BCUT2D eigenvalue weighted by molar-refractivity contribution is 0.305. The molecule has 7 heteroatoms. The summed E-state index contributed by atoms with van der Waals surface area (Å²) in [7, 11) is 0. The van der Waals surface area contributed by atoms with E-state index in [1.807, 2.05) is 49.4 Å². The maximum absolute atomic E-state index is 13.3. The summed E-state index contributed by atoms with van der Waals surface area (Å²) in [6.45, 7) is 2.31. The van der Waals surface area contributed by atoms with Gasteiger partial charge in [-0.2, -0.15) is 9.78 Å². The smallest absolute Gasteiger partial charge is 0.282 e. The predicted octanol–water partition coefficient (Wildman–Crippen LogP) is 5.71. The van der Waals surface area contributed by atoms with Crippen LogP contribution in [0.25, 0.3) is 10.9 Å². The van der Waals surface area contributed by atoms with Crippen molar-refractivity contribution in [1.29, 1.82) is 0 Å². The van der Waals surface area contributed by atoms with Gasteiger partial charge < -0.3 is 4.74 Å². The average Bonchev–Trinajstić information content (AvgIpc) is 2.79. The Morgan fingerprint density at radius 1 is 1.12 bits per heavy atom. The van der Waals surface area contributed by atoms with Crippen LogP contribution < -0.4 is 10.3 Å². The van der Waals surface area contributed by atoms with Gasteiger partial charge in [-0.1, -0.05) is 35.0 Å². The first-order valence-electron chi connectivity index (χ1n) is 10.3. The van der Waals surface area contributed by atoms with Gasteiger partial charge in [0.15, 0.2) is 0 Å². The highest BCUT2D eigenvalue weighted by atomic mass is 79.9. The minimum absolute atomic E-state index is 0.203. The van der Waals surface area contributed by atoms with Crippen molar-refractivity contribution in [2.75, 3.05) is 0 Å². The molecule has 0 unspecified atom stereocenters. The van der Waals surface area contributed by atoms with E-state index in [9.17, 15) is 9.18 Å². The lowest BCUT2D eigenvalue weighted by atomic mass is 10.2. The summed E-state index contributed by atoms with van der Waals surface area (Å²) in [6.07, 6.45) is 3.12. The van der Waals surface area contributed by atoms with Crippen LogP contribution in [0.3, 0.4) is 0 Å². The Bertz CT molecular complexity index is 1330. The van der Waals surface area contributed by atoms with E-state index in [2.05, 4.69) is 26.0 Å². The van der Waals surface area contributed by atoms with Gasteiger partial charge >= 0.3 is 0 Å². The molecule has 0 aliphatic rings. The van der Waals surface area contributed by atoms with E-state index >= 15 is 0 Å². The van der Waals surface area contributed by atoms with Crippen LogP contribution in [-0.2, 0) is 13.0 Å². The highest BCUT2D eigenvalue weighted by molar-refractivity contribution is 9.10. The van der Waals surface area contributed by atoms with E-state index in [1.54, 1.807) is 18.3 Å². The van der Waals surface area contributed by atoms with Crippen molar-refractivity contribution in [3.8, 4) is 5.75 Å². The van der Waals surface area contributed by atoms with Crippen molar-refractivity contribution in [3.05, 3.63) is 104 Å². The van der Waals surface area contributed by atoms with Gasteiger partial charge in [0.25, 0.3) is 5.56 Å². The molecule has 0 fully saturated rings. The van der Waals surface area contributed by atoms with Gasteiger partial charge in [-0.05, 0) is 72.1 Å². The van der Waals surface area contributed by atoms with E-state index in [4.69, 9.17) is 4.74 Å². The Morgan fingerprint density at radius 2 is 1.94 bits per heavy atom. The Kier molecular flexibility index (Phi) is 6.75. The zero-order valence-corrected chi connectivity index (χ0v) is 19.0. The molecule has 3 aromatic carbocycles. The van der Waals surface area contributed by atoms with Crippen LogP contribution in [0.4, 0.5) is 4.39 Å². The summed E-state index contributed by atoms with van der Waals surface area (Å²) in [4.78, 5) is 17.7. The second kappa shape index (κ2) is 9.87. The molecule has 0 aliphatic heterocycles. The Labute approximate surface area is 193 Å². The van der Waals surface area contributed by atoms with Gasteiger partial charge in [0.2, 0.25) is 0 Å². The average molecular weight is 494 g/mol. The maximum atomic E-state index is 13.3. The molecule has 0 spiro atoms. The lowest BCUT2D eigenvalue weighted by Gasteiger charge is -2.09. The fourth-order valence-corrected chi connectivity index (χ4v) is 3.63. The summed E-state index contributed by atoms with van der Waals surface area (Å²) < 4.78 is 21.2. The molecule has 162 valence electrons. The van der Waals surface area contributed by atoms with E-state index < -0.39 is 0 Å². The van der Waals surface area contributed by atoms with E-state index in [0.29, 0.717) is 28.9 Å². The van der Waals surface area contributed by atoms with Crippen LogP contribution in [0.15, 0.2) is 81.1 Å². The summed E-state index contributed by atoms with van der Waals surface area (Å²) in [6, 6.07) is 19.1. The van der Waals surface area contributed by atoms with Crippen molar-refractivity contribution in [3.63, 3.8) is 0 Å². The number of ether oxygens (including phenoxy) is 1. The maximum Gasteiger partial charge on any atom is 0.282 e. The van der Waals surface area contributed by atoms with E-state index in [1.165, 1.54) is 16.8 Å². The molecule has 0 radical (unpaired) electrons. The largest absolute Gasteiger partial charge is 0.489 e. The van der Waals surface area contributed by atoms with Crippen molar-refractivity contribution < 1.29 is 9.13 Å². The normalized spacial score (nSPS) is 11.3. The summed E-state index contributed by atoms with van der Waals surface area (Å²) in [5.74, 6) is 0.997. The fourth-order valence-electron chi connectivity index (χ4n) is 3.27. The summed E-state index contributed by atoms with van der Waals surface area (Å²) in [5, 5.41) is 4.94. The third kappa shape index (κ3) is 5.11. The van der Waals surface area contributed by atoms with E-state index in [0.717, 1.165) is 22.0 Å². The van der Waals surface area contributed by atoms with Gasteiger partial charge in [0.1, 0.15) is 24.0 Å². The zero-order chi connectivity index (χ0) is 22.5. The highest BCUT2D eigenvalue weighted by Gasteiger charge is 2.10. The van der Waals surface area contributed by atoms with Gasteiger partial charge in [-0.3, -0.25) is 4.79 Å². The first-order chi connectivity index (χ1) is 15.5. The topological polar surface area (TPSA) is 56.5 Å². The minimum atomic E-state index is -0.286. The molecule has 0 saturated carbocycles. The van der Waals surface area contributed by atoms with Gasteiger partial charge in [0.05, 0.1) is 17.1 Å². The van der Waals surface area contributed by atoms with Crippen molar-refractivity contribution in [1.82, 2.24) is 9.66 Å². The van der Waals surface area contributed by atoms with Gasteiger partial charge in [-0.15, -0.1) is 0 Å². The first kappa shape index (κ1) is 21.9. The Morgan fingerprint density at radius 3 is 2.69 bits per heavy atom. The highest BCUT2D eigenvalue weighted by Crippen LogP contribution is 2.17. The fraction of sp³-hybridized carbons (Fsp3) is 0.160. The molecule has 1 aromatic heterocycles. The molecule has 5 nitrogen and oxygen atoms in total. The van der Waals surface area contributed by atoms with Crippen LogP contribution in [0, 0.1) is 5.82 Å². The third-order valence-corrected chi connectivity index (χ3v) is 5.34. The number of rotatable bonds is 7. The van der Waals surface area contributed by atoms with Gasteiger partial charge in [-0.25, -0.2) is 9.37 Å². The molecule has 4 aromatic rings. The lowest BCUT2D eigenvalue weighted by Crippen LogP contribution is -2.22. The molecule has 0 amide bonds. The second-order valence-corrected chi connectivity index (χ2v) is 8.20. The molecule has 0 atom stereocenters. The number of benzene rings is 3. The number of nitrogens with zero attached hydrogens (tertiary/aromatic N) is 3. The Hall–Kier alpha value is -3.32. The Balaban J connectivity index is 1.55. The predicted molar refractivity (Wildman–Crippen MR) is 128 cm³/mol.